The van der Waals surface area contributed by atoms with Crippen molar-refractivity contribution in [2.24, 2.45) is 23.2 Å². The van der Waals surface area contributed by atoms with E-state index >= 15 is 0 Å². The number of aliphatic hydroxyl groups is 1. The third-order valence-corrected chi connectivity index (χ3v) is 4.83. The van der Waals surface area contributed by atoms with Crippen LogP contribution >= 0.6 is 0 Å². The van der Waals surface area contributed by atoms with Gasteiger partial charge in [0.25, 0.3) is 0 Å². The SMILES string of the molecule is C[C@@H]1[C@@H]2C[C@@H](C[C@@]2(C)O)C1(C)C. The molecule has 1 heteroatoms. The van der Waals surface area contributed by atoms with E-state index in [9.17, 15) is 5.11 Å². The van der Waals surface area contributed by atoms with Crippen molar-refractivity contribution in [3.05, 3.63) is 0 Å². The standard InChI is InChI=1S/C11H20O/c1-7-9-5-8(10(7,2)3)6-11(9,4)12/h7-9,12H,5-6H2,1-4H3/t7-,8+,9+,11-/m1/s1. The average molecular weight is 168 g/mol. The predicted molar refractivity (Wildman–Crippen MR) is 49.8 cm³/mol. The van der Waals surface area contributed by atoms with Crippen LogP contribution in [-0.2, 0) is 0 Å². The summed E-state index contributed by atoms with van der Waals surface area (Å²) in [5, 5.41) is 10.1. The summed E-state index contributed by atoms with van der Waals surface area (Å²) in [7, 11) is 0. The molecule has 2 fully saturated rings. The molecule has 0 unspecified atom stereocenters. The lowest BCUT2D eigenvalue weighted by molar-refractivity contribution is -0.0537. The Kier molecular flexibility index (Phi) is 1.47. The van der Waals surface area contributed by atoms with E-state index < -0.39 is 0 Å². The van der Waals surface area contributed by atoms with Gasteiger partial charge in [0.2, 0.25) is 0 Å². The van der Waals surface area contributed by atoms with Crippen LogP contribution in [0, 0.1) is 23.2 Å². The minimum atomic E-state index is -0.362. The lowest BCUT2D eigenvalue weighted by Crippen LogP contribution is -2.42. The zero-order chi connectivity index (χ0) is 9.15. The summed E-state index contributed by atoms with van der Waals surface area (Å²) in [5.41, 5.74) is 0.104. The highest BCUT2D eigenvalue weighted by Crippen LogP contribution is 2.62. The second-order valence-electron chi connectivity index (χ2n) is 5.71. The highest BCUT2D eigenvalue weighted by atomic mass is 16.3. The van der Waals surface area contributed by atoms with E-state index in [1.54, 1.807) is 0 Å². The van der Waals surface area contributed by atoms with Gasteiger partial charge in [-0.2, -0.15) is 0 Å². The van der Waals surface area contributed by atoms with E-state index in [-0.39, 0.29) is 5.60 Å². The molecule has 1 nitrogen and oxygen atoms in total. The van der Waals surface area contributed by atoms with Gasteiger partial charge in [-0.1, -0.05) is 20.8 Å². The summed E-state index contributed by atoms with van der Waals surface area (Å²) in [5.74, 6) is 2.00. The first-order valence-electron chi connectivity index (χ1n) is 5.08. The summed E-state index contributed by atoms with van der Waals surface area (Å²) >= 11 is 0. The van der Waals surface area contributed by atoms with Crippen molar-refractivity contribution >= 4 is 0 Å². The molecule has 2 saturated carbocycles. The van der Waals surface area contributed by atoms with Gasteiger partial charge < -0.3 is 5.11 Å². The van der Waals surface area contributed by atoms with Gasteiger partial charge in [0.15, 0.2) is 0 Å². The Morgan fingerprint density at radius 3 is 2.17 bits per heavy atom. The van der Waals surface area contributed by atoms with Gasteiger partial charge in [-0.15, -0.1) is 0 Å². The Hall–Kier alpha value is -0.0400. The van der Waals surface area contributed by atoms with E-state index in [2.05, 4.69) is 20.8 Å². The summed E-state index contributed by atoms with van der Waals surface area (Å²) in [6.07, 6.45) is 2.27. The van der Waals surface area contributed by atoms with Crippen LogP contribution in [0.2, 0.25) is 0 Å². The average Bonchev–Trinajstić information content (AvgIpc) is 2.31. The molecule has 2 aliphatic rings. The monoisotopic (exact) mass is 168 g/mol. The van der Waals surface area contributed by atoms with Crippen molar-refractivity contribution < 1.29 is 5.11 Å². The molecule has 0 aromatic heterocycles. The molecule has 12 heavy (non-hydrogen) atoms. The molecule has 4 atom stereocenters. The molecule has 1 N–H and O–H groups in total. The quantitative estimate of drug-likeness (QED) is 0.589. The Morgan fingerprint density at radius 1 is 1.25 bits per heavy atom. The summed E-state index contributed by atoms with van der Waals surface area (Å²) in [4.78, 5) is 0. The van der Waals surface area contributed by atoms with E-state index in [0.717, 1.165) is 12.3 Å². The normalized spacial score (nSPS) is 56.2. The lowest BCUT2D eigenvalue weighted by atomic mass is 9.65. The molecule has 0 spiro atoms. The molecule has 0 saturated heterocycles. The molecule has 2 aliphatic carbocycles. The maximum atomic E-state index is 10.1. The molecule has 0 radical (unpaired) electrons. The molecular formula is C11H20O. The lowest BCUT2D eigenvalue weighted by Gasteiger charge is -2.43. The largest absolute Gasteiger partial charge is 0.390 e. The first-order chi connectivity index (χ1) is 5.36. The fourth-order valence-electron chi connectivity index (χ4n) is 3.49. The number of hydrogen-bond acceptors (Lipinski definition) is 1. The minimum absolute atomic E-state index is 0.362. The molecule has 70 valence electrons. The zero-order valence-corrected chi connectivity index (χ0v) is 8.59. The second-order valence-corrected chi connectivity index (χ2v) is 5.71. The Bertz CT molecular complexity index is 201. The van der Waals surface area contributed by atoms with Gasteiger partial charge in [0, 0.05) is 0 Å². The van der Waals surface area contributed by atoms with Gasteiger partial charge >= 0.3 is 0 Å². The highest BCUT2D eigenvalue weighted by molar-refractivity contribution is 5.09. The molecule has 0 aromatic carbocycles. The van der Waals surface area contributed by atoms with Crippen LogP contribution in [0.25, 0.3) is 0 Å². The minimum Gasteiger partial charge on any atom is -0.390 e. The van der Waals surface area contributed by atoms with Crippen molar-refractivity contribution in [2.75, 3.05) is 0 Å². The zero-order valence-electron chi connectivity index (χ0n) is 8.59. The van der Waals surface area contributed by atoms with Crippen LogP contribution in [0.5, 0.6) is 0 Å². The fourth-order valence-corrected chi connectivity index (χ4v) is 3.49. The number of rotatable bonds is 0. The third kappa shape index (κ3) is 0.834. The van der Waals surface area contributed by atoms with Crippen LogP contribution < -0.4 is 0 Å². The fraction of sp³-hybridized carbons (Fsp3) is 1.00. The second kappa shape index (κ2) is 2.06. The van der Waals surface area contributed by atoms with Crippen molar-refractivity contribution in [3.63, 3.8) is 0 Å². The maximum absolute atomic E-state index is 10.1. The van der Waals surface area contributed by atoms with Crippen LogP contribution in [0.15, 0.2) is 0 Å². The summed E-state index contributed by atoms with van der Waals surface area (Å²) in [6, 6.07) is 0. The molecule has 0 aliphatic heterocycles. The van der Waals surface area contributed by atoms with Gasteiger partial charge in [0.05, 0.1) is 5.60 Å². The van der Waals surface area contributed by atoms with E-state index in [0.29, 0.717) is 17.3 Å². The first-order valence-corrected chi connectivity index (χ1v) is 5.08. The van der Waals surface area contributed by atoms with Crippen LogP contribution in [0.3, 0.4) is 0 Å². The molecular weight excluding hydrogens is 148 g/mol. The number of hydrogen-bond donors (Lipinski definition) is 1. The van der Waals surface area contributed by atoms with Crippen molar-refractivity contribution in [1.82, 2.24) is 0 Å². The van der Waals surface area contributed by atoms with E-state index in [4.69, 9.17) is 0 Å². The molecule has 0 heterocycles. The van der Waals surface area contributed by atoms with Crippen molar-refractivity contribution in [2.45, 2.75) is 46.1 Å². The van der Waals surface area contributed by atoms with Crippen molar-refractivity contribution in [3.8, 4) is 0 Å². The molecule has 0 amide bonds. The Labute approximate surface area is 75.2 Å². The highest BCUT2D eigenvalue weighted by Gasteiger charge is 2.59. The van der Waals surface area contributed by atoms with Crippen LogP contribution in [0.1, 0.15) is 40.5 Å². The third-order valence-electron chi connectivity index (χ3n) is 4.83. The van der Waals surface area contributed by atoms with Gasteiger partial charge in [-0.25, -0.2) is 0 Å². The predicted octanol–water partition coefficient (Wildman–Crippen LogP) is 2.44. The smallest absolute Gasteiger partial charge is 0.0653 e. The molecule has 0 aromatic rings. The van der Waals surface area contributed by atoms with E-state index in [1.807, 2.05) is 6.92 Å². The summed E-state index contributed by atoms with van der Waals surface area (Å²) < 4.78 is 0. The van der Waals surface area contributed by atoms with E-state index in [1.165, 1.54) is 6.42 Å². The Morgan fingerprint density at radius 2 is 1.83 bits per heavy atom. The molecule has 2 bridgehead atoms. The Balaban J connectivity index is 2.30. The van der Waals surface area contributed by atoms with Crippen molar-refractivity contribution in [1.29, 1.82) is 0 Å². The van der Waals surface area contributed by atoms with Gasteiger partial charge in [-0.05, 0) is 42.9 Å². The van der Waals surface area contributed by atoms with Crippen LogP contribution in [-0.4, -0.2) is 10.7 Å². The molecule has 2 rings (SSSR count). The first kappa shape index (κ1) is 8.55. The maximum Gasteiger partial charge on any atom is 0.0653 e. The van der Waals surface area contributed by atoms with Crippen LogP contribution in [0.4, 0.5) is 0 Å². The topological polar surface area (TPSA) is 20.2 Å². The van der Waals surface area contributed by atoms with Gasteiger partial charge in [0.1, 0.15) is 0 Å². The number of fused-ring (bicyclic) bond motifs is 2. The summed E-state index contributed by atoms with van der Waals surface area (Å²) in [6.45, 7) is 9.04. The van der Waals surface area contributed by atoms with Gasteiger partial charge in [-0.3, -0.25) is 0 Å².